The van der Waals surface area contributed by atoms with Gasteiger partial charge in [0.25, 0.3) is 0 Å². The van der Waals surface area contributed by atoms with Crippen LogP contribution >= 0.6 is 0 Å². The van der Waals surface area contributed by atoms with E-state index in [0.717, 1.165) is 0 Å². The number of nitrogens with one attached hydrogen (secondary N) is 3. The van der Waals surface area contributed by atoms with E-state index in [1.54, 1.807) is 42.5 Å². The Morgan fingerprint density at radius 1 is 0.833 bits per heavy atom. The lowest BCUT2D eigenvalue weighted by molar-refractivity contribution is -0.132. The minimum atomic E-state index is -0.851. The molecule has 24 heavy (non-hydrogen) atoms. The third kappa shape index (κ3) is 4.68. The monoisotopic (exact) mass is 322 g/mol. The first-order valence-electron chi connectivity index (χ1n) is 6.98. The van der Waals surface area contributed by atoms with Gasteiger partial charge in [0, 0.05) is 24.0 Å². The lowest BCUT2D eigenvalue weighted by Crippen LogP contribution is -2.29. The normalized spacial score (nSPS) is 9.50. The molecule has 2 aromatic carbocycles. The molecule has 0 saturated heterocycles. The van der Waals surface area contributed by atoms with E-state index in [2.05, 4.69) is 16.0 Å². The summed E-state index contributed by atoms with van der Waals surface area (Å²) < 4.78 is 0. The zero-order valence-corrected chi connectivity index (χ0v) is 12.8. The quantitative estimate of drug-likeness (QED) is 0.751. The molecule has 0 atom stereocenters. The first-order valence-corrected chi connectivity index (χ1v) is 6.98. The lowest BCUT2D eigenvalue weighted by Gasteiger charge is -2.08. The molecule has 0 saturated carbocycles. The average Bonchev–Trinajstić information content (AvgIpc) is 2.56. The van der Waals surface area contributed by atoms with Gasteiger partial charge >= 0.3 is 11.8 Å². The summed E-state index contributed by atoms with van der Waals surface area (Å²) >= 11 is 0. The van der Waals surface area contributed by atoms with E-state index < -0.39 is 11.8 Å². The van der Waals surface area contributed by atoms with Crippen LogP contribution in [0.5, 0.6) is 0 Å². The third-order valence-corrected chi connectivity index (χ3v) is 2.92. The van der Waals surface area contributed by atoms with Crippen molar-refractivity contribution in [3.63, 3.8) is 0 Å². The van der Waals surface area contributed by atoms with Crippen LogP contribution in [0, 0.1) is 11.3 Å². The van der Waals surface area contributed by atoms with E-state index in [-0.39, 0.29) is 5.91 Å². The topological polar surface area (TPSA) is 111 Å². The van der Waals surface area contributed by atoms with Crippen LogP contribution in [0.15, 0.2) is 48.5 Å². The van der Waals surface area contributed by atoms with Gasteiger partial charge in [-0.05, 0) is 42.5 Å². The number of carbonyl (C=O) groups is 3. The summed E-state index contributed by atoms with van der Waals surface area (Å²) in [6.45, 7) is 1.39. The zero-order valence-electron chi connectivity index (χ0n) is 12.8. The summed E-state index contributed by atoms with van der Waals surface area (Å²) in [7, 11) is 0. The number of nitrogens with zero attached hydrogens (tertiary/aromatic N) is 1. The molecule has 0 heterocycles. The van der Waals surface area contributed by atoms with E-state index in [4.69, 9.17) is 5.26 Å². The Kier molecular flexibility index (Phi) is 5.26. The standard InChI is InChI=1S/C17H14N4O3/c1-11(22)19-13-5-7-14(8-6-13)20-16(23)17(24)21-15-4-2-3-12(9-15)10-18/h2-9H,1H3,(H,19,22)(H,20,23)(H,21,24). The summed E-state index contributed by atoms with van der Waals surface area (Å²) in [6.07, 6.45) is 0. The van der Waals surface area contributed by atoms with Gasteiger partial charge in [0.15, 0.2) is 0 Å². The fraction of sp³-hybridized carbons (Fsp3) is 0.0588. The van der Waals surface area contributed by atoms with Gasteiger partial charge in [-0.1, -0.05) is 6.07 Å². The first-order chi connectivity index (χ1) is 11.5. The molecule has 7 nitrogen and oxygen atoms in total. The number of benzene rings is 2. The second-order valence-electron chi connectivity index (χ2n) is 4.86. The molecule has 0 spiro atoms. The molecule has 0 aliphatic carbocycles. The molecule has 0 unspecified atom stereocenters. The van der Waals surface area contributed by atoms with Crippen molar-refractivity contribution in [1.82, 2.24) is 0 Å². The highest BCUT2D eigenvalue weighted by molar-refractivity contribution is 6.43. The Balaban J connectivity index is 1.97. The van der Waals surface area contributed by atoms with Crippen LogP contribution in [0.2, 0.25) is 0 Å². The molecule has 3 N–H and O–H groups in total. The molecule has 0 fully saturated rings. The maximum absolute atomic E-state index is 11.9. The van der Waals surface area contributed by atoms with Crippen molar-refractivity contribution >= 4 is 34.8 Å². The average molecular weight is 322 g/mol. The number of hydrogen-bond acceptors (Lipinski definition) is 4. The van der Waals surface area contributed by atoms with Crippen molar-refractivity contribution in [1.29, 1.82) is 5.26 Å². The van der Waals surface area contributed by atoms with Gasteiger partial charge in [-0.2, -0.15) is 5.26 Å². The van der Waals surface area contributed by atoms with Crippen LogP contribution in [-0.4, -0.2) is 17.7 Å². The SMILES string of the molecule is CC(=O)Nc1ccc(NC(=O)C(=O)Nc2cccc(C#N)c2)cc1. The molecule has 2 aromatic rings. The fourth-order valence-electron chi connectivity index (χ4n) is 1.88. The van der Waals surface area contributed by atoms with E-state index in [1.807, 2.05) is 6.07 Å². The third-order valence-electron chi connectivity index (χ3n) is 2.92. The summed E-state index contributed by atoms with van der Waals surface area (Å²) in [5.74, 6) is -1.90. The van der Waals surface area contributed by atoms with E-state index >= 15 is 0 Å². The number of hydrogen-bond donors (Lipinski definition) is 3. The van der Waals surface area contributed by atoms with Crippen molar-refractivity contribution in [2.75, 3.05) is 16.0 Å². The Bertz CT molecular complexity index is 822. The molecule has 0 aliphatic heterocycles. The van der Waals surface area contributed by atoms with Crippen molar-refractivity contribution in [2.45, 2.75) is 6.92 Å². The van der Waals surface area contributed by atoms with E-state index in [0.29, 0.717) is 22.6 Å². The molecule has 3 amide bonds. The highest BCUT2D eigenvalue weighted by Gasteiger charge is 2.14. The predicted molar refractivity (Wildman–Crippen MR) is 89.2 cm³/mol. The molecular weight excluding hydrogens is 308 g/mol. The second-order valence-corrected chi connectivity index (χ2v) is 4.86. The van der Waals surface area contributed by atoms with E-state index in [9.17, 15) is 14.4 Å². The van der Waals surface area contributed by atoms with Gasteiger partial charge in [-0.3, -0.25) is 14.4 Å². The number of rotatable bonds is 3. The molecule has 7 heteroatoms. The summed E-state index contributed by atoms with van der Waals surface area (Å²) in [4.78, 5) is 34.7. The summed E-state index contributed by atoms with van der Waals surface area (Å²) in [6, 6.07) is 14.5. The highest BCUT2D eigenvalue weighted by atomic mass is 16.2. The smallest absolute Gasteiger partial charge is 0.314 e. The molecule has 2 rings (SSSR count). The van der Waals surface area contributed by atoms with Crippen LogP contribution in [0.4, 0.5) is 17.1 Å². The Morgan fingerprint density at radius 3 is 1.92 bits per heavy atom. The summed E-state index contributed by atoms with van der Waals surface area (Å²) in [5, 5.41) is 16.3. The van der Waals surface area contributed by atoms with Gasteiger partial charge < -0.3 is 16.0 Å². The molecular formula is C17H14N4O3. The number of amides is 3. The number of anilines is 3. The Hall–Kier alpha value is -3.66. The largest absolute Gasteiger partial charge is 0.326 e. The van der Waals surface area contributed by atoms with Gasteiger partial charge in [0.05, 0.1) is 11.6 Å². The van der Waals surface area contributed by atoms with Crippen molar-refractivity contribution in [3.05, 3.63) is 54.1 Å². The van der Waals surface area contributed by atoms with Gasteiger partial charge in [0.1, 0.15) is 0 Å². The van der Waals surface area contributed by atoms with Gasteiger partial charge in [-0.25, -0.2) is 0 Å². The van der Waals surface area contributed by atoms with E-state index in [1.165, 1.54) is 13.0 Å². The Morgan fingerprint density at radius 2 is 1.38 bits per heavy atom. The van der Waals surface area contributed by atoms with Gasteiger partial charge in [-0.15, -0.1) is 0 Å². The maximum atomic E-state index is 11.9. The zero-order chi connectivity index (χ0) is 17.5. The lowest BCUT2D eigenvalue weighted by atomic mass is 10.2. The molecule has 0 aromatic heterocycles. The molecule has 0 aliphatic rings. The molecule has 120 valence electrons. The van der Waals surface area contributed by atoms with Crippen LogP contribution in [0.3, 0.4) is 0 Å². The number of carbonyl (C=O) groups excluding carboxylic acids is 3. The summed E-state index contributed by atoms with van der Waals surface area (Å²) in [5.41, 5.74) is 1.73. The van der Waals surface area contributed by atoms with Crippen LogP contribution in [0.25, 0.3) is 0 Å². The fourth-order valence-corrected chi connectivity index (χ4v) is 1.88. The van der Waals surface area contributed by atoms with Crippen LogP contribution < -0.4 is 16.0 Å². The molecule has 0 radical (unpaired) electrons. The van der Waals surface area contributed by atoms with Crippen molar-refractivity contribution < 1.29 is 14.4 Å². The minimum absolute atomic E-state index is 0.203. The van der Waals surface area contributed by atoms with Crippen molar-refractivity contribution in [2.24, 2.45) is 0 Å². The van der Waals surface area contributed by atoms with Crippen LogP contribution in [-0.2, 0) is 14.4 Å². The Labute approximate surface area is 138 Å². The number of nitriles is 1. The van der Waals surface area contributed by atoms with Gasteiger partial charge in [0.2, 0.25) is 5.91 Å². The first kappa shape index (κ1) is 16.7. The van der Waals surface area contributed by atoms with Crippen molar-refractivity contribution in [3.8, 4) is 6.07 Å². The highest BCUT2D eigenvalue weighted by Crippen LogP contribution is 2.14. The van der Waals surface area contributed by atoms with Crippen LogP contribution in [0.1, 0.15) is 12.5 Å². The maximum Gasteiger partial charge on any atom is 0.314 e. The predicted octanol–water partition coefficient (Wildman–Crippen LogP) is 2.09. The second kappa shape index (κ2) is 7.56. The minimum Gasteiger partial charge on any atom is -0.326 e. The molecule has 0 bridgehead atoms.